The highest BCUT2D eigenvalue weighted by Crippen LogP contribution is 2.35. The lowest BCUT2D eigenvalue weighted by Crippen LogP contribution is -2.31. The van der Waals surface area contributed by atoms with E-state index < -0.39 is 10.0 Å². The van der Waals surface area contributed by atoms with Crippen molar-refractivity contribution < 1.29 is 8.42 Å². The van der Waals surface area contributed by atoms with Crippen molar-refractivity contribution in [1.29, 1.82) is 0 Å². The number of benzene rings is 1. The van der Waals surface area contributed by atoms with Crippen LogP contribution in [0.15, 0.2) is 53.6 Å². The molecule has 0 spiro atoms. The SMILES string of the molecule is CCCc1ccc(S(=O)(=O)N2CCCC2c2nnc3ccccn23)cc1. The molecule has 0 amide bonds. The fraction of sp³-hybridized carbons (Fsp3) is 0.368. The quantitative estimate of drug-likeness (QED) is 0.692. The second-order valence-corrected chi connectivity index (χ2v) is 8.55. The Balaban J connectivity index is 1.69. The molecule has 2 aromatic heterocycles. The van der Waals surface area contributed by atoms with Gasteiger partial charge in [0.05, 0.1) is 10.9 Å². The molecule has 3 aromatic rings. The number of aromatic nitrogens is 3. The Morgan fingerprint density at radius 1 is 1.12 bits per heavy atom. The fourth-order valence-corrected chi connectivity index (χ4v) is 5.28. The molecule has 1 fully saturated rings. The third kappa shape index (κ3) is 2.91. The lowest BCUT2D eigenvalue weighted by molar-refractivity contribution is 0.381. The van der Waals surface area contributed by atoms with Gasteiger partial charge in [-0.15, -0.1) is 10.2 Å². The first-order valence-electron chi connectivity index (χ1n) is 9.01. The first-order valence-corrected chi connectivity index (χ1v) is 10.5. The first kappa shape index (κ1) is 17.2. The van der Waals surface area contributed by atoms with E-state index in [1.54, 1.807) is 16.4 Å². The van der Waals surface area contributed by atoms with Gasteiger partial charge in [0.1, 0.15) is 0 Å². The molecule has 4 rings (SSSR count). The first-order chi connectivity index (χ1) is 12.6. The van der Waals surface area contributed by atoms with E-state index in [4.69, 9.17) is 0 Å². The second kappa shape index (κ2) is 6.81. The Hall–Kier alpha value is -2.25. The number of fused-ring (bicyclic) bond motifs is 1. The van der Waals surface area contributed by atoms with Crippen LogP contribution in [0.3, 0.4) is 0 Å². The largest absolute Gasteiger partial charge is 0.285 e. The predicted molar refractivity (Wildman–Crippen MR) is 99.3 cm³/mol. The summed E-state index contributed by atoms with van der Waals surface area (Å²) in [6.07, 6.45) is 5.45. The van der Waals surface area contributed by atoms with Crippen LogP contribution in [0.5, 0.6) is 0 Å². The molecular formula is C19H22N4O2S. The second-order valence-electron chi connectivity index (χ2n) is 6.65. The monoisotopic (exact) mass is 370 g/mol. The zero-order chi connectivity index (χ0) is 18.1. The minimum Gasteiger partial charge on any atom is -0.285 e. The molecule has 1 aromatic carbocycles. The molecule has 0 saturated carbocycles. The van der Waals surface area contributed by atoms with Crippen molar-refractivity contribution in [3.05, 3.63) is 60.0 Å². The summed E-state index contributed by atoms with van der Waals surface area (Å²) in [5.74, 6) is 0.685. The van der Waals surface area contributed by atoms with E-state index in [0.717, 1.165) is 36.9 Å². The molecule has 1 aliphatic heterocycles. The van der Waals surface area contributed by atoms with Gasteiger partial charge >= 0.3 is 0 Å². The fourth-order valence-electron chi connectivity index (χ4n) is 3.63. The molecule has 0 radical (unpaired) electrons. The Labute approximate surface area is 153 Å². The molecule has 136 valence electrons. The molecule has 3 heterocycles. The Bertz CT molecular complexity index is 1010. The Kier molecular flexibility index (Phi) is 4.50. The van der Waals surface area contributed by atoms with Gasteiger partial charge in [0.2, 0.25) is 10.0 Å². The van der Waals surface area contributed by atoms with Crippen LogP contribution in [0.2, 0.25) is 0 Å². The molecule has 0 bridgehead atoms. The van der Waals surface area contributed by atoms with Gasteiger partial charge in [-0.3, -0.25) is 4.40 Å². The normalized spacial score (nSPS) is 18.6. The zero-order valence-corrected chi connectivity index (χ0v) is 15.6. The van der Waals surface area contributed by atoms with Gasteiger partial charge in [-0.25, -0.2) is 8.42 Å². The van der Waals surface area contributed by atoms with Gasteiger partial charge in [0, 0.05) is 12.7 Å². The minimum absolute atomic E-state index is 0.285. The number of hydrogen-bond acceptors (Lipinski definition) is 4. The van der Waals surface area contributed by atoms with Gasteiger partial charge in [-0.2, -0.15) is 4.31 Å². The maximum Gasteiger partial charge on any atom is 0.243 e. The van der Waals surface area contributed by atoms with Crippen LogP contribution in [0.1, 0.15) is 43.6 Å². The third-order valence-electron chi connectivity index (χ3n) is 4.91. The van der Waals surface area contributed by atoms with E-state index in [1.807, 2.05) is 40.9 Å². The standard InChI is InChI=1S/C19H22N4O2S/c1-2-6-15-9-11-16(12-10-15)26(24,25)23-14-5-7-17(23)19-21-20-18-8-3-4-13-22(18)19/h3-4,8-13,17H,2,5-7,14H2,1H3. The molecule has 1 saturated heterocycles. The van der Waals surface area contributed by atoms with Crippen LogP contribution in [0.25, 0.3) is 5.65 Å². The molecule has 6 nitrogen and oxygen atoms in total. The summed E-state index contributed by atoms with van der Waals surface area (Å²) < 4.78 is 29.9. The highest BCUT2D eigenvalue weighted by molar-refractivity contribution is 7.89. The summed E-state index contributed by atoms with van der Waals surface area (Å²) in [5, 5.41) is 8.46. The van der Waals surface area contributed by atoms with E-state index in [-0.39, 0.29) is 6.04 Å². The number of hydrogen-bond donors (Lipinski definition) is 0. The summed E-state index contributed by atoms with van der Waals surface area (Å²) in [6.45, 7) is 2.62. The molecule has 7 heteroatoms. The van der Waals surface area contributed by atoms with Crippen molar-refractivity contribution in [2.75, 3.05) is 6.54 Å². The summed E-state index contributed by atoms with van der Waals surface area (Å²) in [6, 6.07) is 12.6. The lowest BCUT2D eigenvalue weighted by Gasteiger charge is -2.23. The van der Waals surface area contributed by atoms with Crippen molar-refractivity contribution >= 4 is 15.7 Å². The Morgan fingerprint density at radius 3 is 2.69 bits per heavy atom. The van der Waals surface area contributed by atoms with E-state index in [2.05, 4.69) is 17.1 Å². The summed E-state index contributed by atoms with van der Waals surface area (Å²) in [5.41, 5.74) is 1.89. The van der Waals surface area contributed by atoms with E-state index in [9.17, 15) is 8.42 Å². The number of rotatable bonds is 5. The van der Waals surface area contributed by atoms with Gasteiger partial charge < -0.3 is 0 Å². The average molecular weight is 370 g/mol. The maximum absolute atomic E-state index is 13.2. The molecule has 1 atom stereocenters. The number of sulfonamides is 1. The van der Waals surface area contributed by atoms with Gasteiger partial charge in [-0.05, 0) is 49.1 Å². The van der Waals surface area contributed by atoms with Crippen molar-refractivity contribution in [3.63, 3.8) is 0 Å². The van der Waals surface area contributed by atoms with Crippen LogP contribution in [0.4, 0.5) is 0 Å². The average Bonchev–Trinajstić information content (AvgIpc) is 3.29. The van der Waals surface area contributed by atoms with Gasteiger partial charge in [0.15, 0.2) is 11.5 Å². The molecule has 26 heavy (non-hydrogen) atoms. The predicted octanol–water partition coefficient (Wildman–Crippen LogP) is 3.21. The van der Waals surface area contributed by atoms with Crippen LogP contribution >= 0.6 is 0 Å². The van der Waals surface area contributed by atoms with Crippen molar-refractivity contribution in [2.45, 2.75) is 43.5 Å². The van der Waals surface area contributed by atoms with E-state index in [1.165, 1.54) is 0 Å². The number of pyridine rings is 1. The van der Waals surface area contributed by atoms with Crippen LogP contribution < -0.4 is 0 Å². The summed E-state index contributed by atoms with van der Waals surface area (Å²) >= 11 is 0. The van der Waals surface area contributed by atoms with Crippen LogP contribution in [-0.4, -0.2) is 33.9 Å². The van der Waals surface area contributed by atoms with Gasteiger partial charge in [0.25, 0.3) is 0 Å². The summed E-state index contributed by atoms with van der Waals surface area (Å²) in [7, 11) is -3.56. The lowest BCUT2D eigenvalue weighted by atomic mass is 10.1. The molecule has 1 aliphatic rings. The number of aryl methyl sites for hydroxylation is 1. The molecular weight excluding hydrogens is 348 g/mol. The van der Waals surface area contributed by atoms with E-state index >= 15 is 0 Å². The van der Waals surface area contributed by atoms with E-state index in [0.29, 0.717) is 17.3 Å². The third-order valence-corrected chi connectivity index (χ3v) is 6.83. The smallest absolute Gasteiger partial charge is 0.243 e. The van der Waals surface area contributed by atoms with Crippen molar-refractivity contribution in [3.8, 4) is 0 Å². The van der Waals surface area contributed by atoms with Crippen LogP contribution in [0, 0.1) is 0 Å². The van der Waals surface area contributed by atoms with Crippen LogP contribution in [-0.2, 0) is 16.4 Å². The topological polar surface area (TPSA) is 67.6 Å². The minimum atomic E-state index is -3.56. The molecule has 1 unspecified atom stereocenters. The number of nitrogens with zero attached hydrogens (tertiary/aromatic N) is 4. The van der Waals surface area contributed by atoms with Crippen molar-refractivity contribution in [2.24, 2.45) is 0 Å². The molecule has 0 N–H and O–H groups in total. The molecule has 0 aliphatic carbocycles. The highest BCUT2D eigenvalue weighted by Gasteiger charge is 2.38. The Morgan fingerprint density at radius 2 is 1.92 bits per heavy atom. The summed E-state index contributed by atoms with van der Waals surface area (Å²) in [4.78, 5) is 0.345. The van der Waals surface area contributed by atoms with Gasteiger partial charge in [-0.1, -0.05) is 31.5 Å². The maximum atomic E-state index is 13.2. The highest BCUT2D eigenvalue weighted by atomic mass is 32.2. The van der Waals surface area contributed by atoms with Crippen molar-refractivity contribution in [1.82, 2.24) is 18.9 Å². The zero-order valence-electron chi connectivity index (χ0n) is 14.7.